The normalized spacial score (nSPS) is 18.5. The third-order valence-corrected chi connectivity index (χ3v) is 3.11. The molecule has 0 fully saturated rings. The summed E-state index contributed by atoms with van der Waals surface area (Å²) in [6, 6.07) is 11.7. The van der Waals surface area contributed by atoms with Gasteiger partial charge in [0, 0.05) is 18.0 Å². The average molecular weight is 209 g/mol. The molecule has 1 aliphatic carbocycles. The van der Waals surface area contributed by atoms with Crippen molar-refractivity contribution in [3.05, 3.63) is 65.5 Å². The van der Waals surface area contributed by atoms with Crippen LogP contribution in [0.3, 0.4) is 0 Å². The molecule has 1 aromatic heterocycles. The molecule has 1 unspecified atom stereocenters. The van der Waals surface area contributed by atoms with Crippen LogP contribution < -0.4 is 0 Å². The Morgan fingerprint density at radius 1 is 1.12 bits per heavy atom. The molecule has 2 aromatic rings. The van der Waals surface area contributed by atoms with Gasteiger partial charge in [-0.05, 0) is 23.6 Å². The molecule has 0 N–H and O–H groups in total. The lowest BCUT2D eigenvalue weighted by Crippen LogP contribution is -2.06. The summed E-state index contributed by atoms with van der Waals surface area (Å²) in [5.41, 5.74) is 3.04. The Morgan fingerprint density at radius 3 is 2.75 bits per heavy atom. The quantitative estimate of drug-likeness (QED) is 0.722. The van der Waals surface area contributed by atoms with E-state index in [9.17, 15) is 4.79 Å². The second-order valence-corrected chi connectivity index (χ2v) is 4.06. The van der Waals surface area contributed by atoms with E-state index in [4.69, 9.17) is 0 Å². The van der Waals surface area contributed by atoms with Crippen LogP contribution in [0.25, 0.3) is 0 Å². The fourth-order valence-corrected chi connectivity index (χ4v) is 2.29. The van der Waals surface area contributed by atoms with Gasteiger partial charge < -0.3 is 0 Å². The Kier molecular flexibility index (Phi) is 2.07. The Hall–Kier alpha value is -1.96. The number of ketones is 1. The third kappa shape index (κ3) is 1.34. The predicted octanol–water partition coefficient (Wildman–Crippen LogP) is 2.60. The highest BCUT2D eigenvalue weighted by molar-refractivity contribution is 6.05. The van der Waals surface area contributed by atoms with Crippen molar-refractivity contribution >= 4 is 5.78 Å². The molecule has 1 aliphatic rings. The highest BCUT2D eigenvalue weighted by Crippen LogP contribution is 2.33. The molecule has 78 valence electrons. The van der Waals surface area contributed by atoms with Gasteiger partial charge in [0.2, 0.25) is 0 Å². The van der Waals surface area contributed by atoms with Crippen LogP contribution in [0.15, 0.2) is 48.8 Å². The maximum absolute atomic E-state index is 12.2. The molecule has 0 spiro atoms. The molecule has 0 amide bonds. The lowest BCUT2D eigenvalue weighted by molar-refractivity contribution is 0.0973. The molecule has 2 nitrogen and oxygen atoms in total. The van der Waals surface area contributed by atoms with E-state index in [1.54, 1.807) is 12.4 Å². The van der Waals surface area contributed by atoms with Gasteiger partial charge in [-0.25, -0.2) is 0 Å². The second-order valence-electron chi connectivity index (χ2n) is 4.06. The third-order valence-electron chi connectivity index (χ3n) is 3.11. The Morgan fingerprint density at radius 2 is 2.00 bits per heavy atom. The van der Waals surface area contributed by atoms with Crippen molar-refractivity contribution in [2.75, 3.05) is 0 Å². The molecule has 1 atom stereocenters. The number of nitrogens with zero attached hydrogens (tertiary/aromatic N) is 1. The molecule has 16 heavy (non-hydrogen) atoms. The molecule has 0 saturated carbocycles. The number of fused-ring (bicyclic) bond motifs is 1. The first-order valence-electron chi connectivity index (χ1n) is 5.38. The van der Waals surface area contributed by atoms with Crippen molar-refractivity contribution in [1.29, 1.82) is 0 Å². The lowest BCUT2D eigenvalue weighted by atomic mass is 9.97. The number of Topliss-reactive ketones (excluding diaryl/α,β-unsaturated/α-hetero) is 1. The summed E-state index contributed by atoms with van der Waals surface area (Å²) < 4.78 is 0. The number of rotatable bonds is 1. The van der Waals surface area contributed by atoms with Crippen molar-refractivity contribution in [1.82, 2.24) is 4.98 Å². The standard InChI is InChI=1S/C14H11NO/c16-14-12-6-2-1-4-10(12)8-13(14)11-5-3-7-15-9-11/h1-7,9,13H,8H2. The number of carbonyl (C=O) groups excluding carboxylic acids is 1. The molecule has 3 rings (SSSR count). The van der Waals surface area contributed by atoms with Crippen LogP contribution >= 0.6 is 0 Å². The minimum atomic E-state index is -0.0360. The number of aromatic nitrogens is 1. The fourth-order valence-electron chi connectivity index (χ4n) is 2.29. The summed E-state index contributed by atoms with van der Waals surface area (Å²) in [5.74, 6) is 0.190. The largest absolute Gasteiger partial charge is 0.293 e. The molecular weight excluding hydrogens is 198 g/mol. The van der Waals surface area contributed by atoms with E-state index in [-0.39, 0.29) is 11.7 Å². The number of hydrogen-bond acceptors (Lipinski definition) is 2. The van der Waals surface area contributed by atoms with Crippen molar-refractivity contribution in [3.63, 3.8) is 0 Å². The first kappa shape index (κ1) is 9.28. The maximum Gasteiger partial charge on any atom is 0.170 e. The van der Waals surface area contributed by atoms with Gasteiger partial charge in [0.25, 0.3) is 0 Å². The number of hydrogen-bond donors (Lipinski definition) is 0. The zero-order chi connectivity index (χ0) is 11.0. The Balaban J connectivity index is 2.02. The predicted molar refractivity (Wildman–Crippen MR) is 61.5 cm³/mol. The van der Waals surface area contributed by atoms with Crippen molar-refractivity contribution in [2.24, 2.45) is 0 Å². The summed E-state index contributed by atoms with van der Waals surface area (Å²) in [6.07, 6.45) is 4.32. The SMILES string of the molecule is O=C1c2ccccc2CC1c1cccnc1. The van der Waals surface area contributed by atoms with E-state index >= 15 is 0 Å². The first-order valence-corrected chi connectivity index (χ1v) is 5.38. The number of carbonyl (C=O) groups is 1. The smallest absolute Gasteiger partial charge is 0.170 e. The molecule has 0 radical (unpaired) electrons. The number of benzene rings is 1. The summed E-state index contributed by atoms with van der Waals surface area (Å²) in [5, 5.41) is 0. The topological polar surface area (TPSA) is 30.0 Å². The van der Waals surface area contributed by atoms with Crippen LogP contribution in [0.2, 0.25) is 0 Å². The second kappa shape index (κ2) is 3.56. The number of pyridine rings is 1. The van der Waals surface area contributed by atoms with Crippen LogP contribution in [-0.4, -0.2) is 10.8 Å². The van der Waals surface area contributed by atoms with Gasteiger partial charge in [-0.15, -0.1) is 0 Å². The van der Waals surface area contributed by atoms with Crippen LogP contribution in [-0.2, 0) is 6.42 Å². The molecule has 0 aliphatic heterocycles. The van der Waals surface area contributed by atoms with Crippen LogP contribution in [0, 0.1) is 0 Å². The molecule has 0 bridgehead atoms. The van der Waals surface area contributed by atoms with Crippen molar-refractivity contribution in [3.8, 4) is 0 Å². The summed E-state index contributed by atoms with van der Waals surface area (Å²) in [6.45, 7) is 0. The maximum atomic E-state index is 12.2. The average Bonchev–Trinajstić information content (AvgIpc) is 2.69. The zero-order valence-corrected chi connectivity index (χ0v) is 8.76. The van der Waals surface area contributed by atoms with Crippen molar-refractivity contribution < 1.29 is 4.79 Å². The van der Waals surface area contributed by atoms with Crippen LogP contribution in [0.5, 0.6) is 0 Å². The Labute approximate surface area is 94.0 Å². The van der Waals surface area contributed by atoms with E-state index in [0.717, 1.165) is 23.1 Å². The lowest BCUT2D eigenvalue weighted by Gasteiger charge is -2.06. The van der Waals surface area contributed by atoms with Gasteiger partial charge in [-0.3, -0.25) is 9.78 Å². The minimum absolute atomic E-state index is 0.0360. The summed E-state index contributed by atoms with van der Waals surface area (Å²) in [7, 11) is 0. The first-order chi connectivity index (χ1) is 7.86. The van der Waals surface area contributed by atoms with Crippen LogP contribution in [0.4, 0.5) is 0 Å². The van der Waals surface area contributed by atoms with Crippen LogP contribution in [0.1, 0.15) is 27.4 Å². The van der Waals surface area contributed by atoms with E-state index in [2.05, 4.69) is 4.98 Å². The van der Waals surface area contributed by atoms with Gasteiger partial charge in [0.1, 0.15) is 0 Å². The summed E-state index contributed by atoms with van der Waals surface area (Å²) >= 11 is 0. The highest BCUT2D eigenvalue weighted by Gasteiger charge is 2.31. The van der Waals surface area contributed by atoms with Gasteiger partial charge in [-0.1, -0.05) is 30.3 Å². The van der Waals surface area contributed by atoms with Gasteiger partial charge >= 0.3 is 0 Å². The van der Waals surface area contributed by atoms with E-state index in [1.807, 2.05) is 36.4 Å². The molecule has 1 aromatic carbocycles. The van der Waals surface area contributed by atoms with E-state index < -0.39 is 0 Å². The fraction of sp³-hybridized carbons (Fsp3) is 0.143. The highest BCUT2D eigenvalue weighted by atomic mass is 16.1. The zero-order valence-electron chi connectivity index (χ0n) is 8.76. The summed E-state index contributed by atoms with van der Waals surface area (Å²) in [4.78, 5) is 16.2. The molecular formula is C14H11NO. The van der Waals surface area contributed by atoms with Gasteiger partial charge in [0.05, 0.1) is 5.92 Å². The van der Waals surface area contributed by atoms with E-state index in [1.165, 1.54) is 0 Å². The molecule has 1 heterocycles. The van der Waals surface area contributed by atoms with E-state index in [0.29, 0.717) is 0 Å². The van der Waals surface area contributed by atoms with Gasteiger partial charge in [0.15, 0.2) is 5.78 Å². The van der Waals surface area contributed by atoms with Crippen molar-refractivity contribution in [2.45, 2.75) is 12.3 Å². The minimum Gasteiger partial charge on any atom is -0.293 e. The Bertz CT molecular complexity index is 533. The monoisotopic (exact) mass is 209 g/mol. The van der Waals surface area contributed by atoms with Gasteiger partial charge in [-0.2, -0.15) is 0 Å². The molecule has 0 saturated heterocycles. The molecule has 2 heteroatoms.